The van der Waals surface area contributed by atoms with Crippen molar-refractivity contribution in [3.05, 3.63) is 34.9 Å². The Labute approximate surface area is 109 Å². The minimum absolute atomic E-state index is 0.116. The molecule has 0 N–H and O–H groups in total. The highest BCUT2D eigenvalue weighted by atomic mass is 35.5. The lowest BCUT2D eigenvalue weighted by molar-refractivity contribution is -0.129. The van der Waals surface area contributed by atoms with Crippen LogP contribution in [0.15, 0.2) is 18.2 Å². The normalized spacial score (nSPS) is 10.4. The van der Waals surface area contributed by atoms with Crippen molar-refractivity contribution in [1.29, 1.82) is 0 Å². The molecule has 3 heteroatoms. The Morgan fingerprint density at radius 1 is 1.35 bits per heavy atom. The number of aryl methyl sites for hydroxylation is 2. The van der Waals surface area contributed by atoms with E-state index in [1.165, 1.54) is 16.7 Å². The summed E-state index contributed by atoms with van der Waals surface area (Å²) in [5.74, 6) is 0.511. The summed E-state index contributed by atoms with van der Waals surface area (Å²) in [5, 5.41) is 0. The third kappa shape index (κ3) is 4.39. The summed E-state index contributed by atoms with van der Waals surface area (Å²) >= 11 is 5.55. The van der Waals surface area contributed by atoms with Crippen molar-refractivity contribution < 1.29 is 4.79 Å². The van der Waals surface area contributed by atoms with Crippen LogP contribution in [0.5, 0.6) is 0 Å². The van der Waals surface area contributed by atoms with Gasteiger partial charge in [0.25, 0.3) is 0 Å². The molecule has 0 aromatic heterocycles. The number of amides is 1. The largest absolute Gasteiger partial charge is 0.345 e. The zero-order valence-corrected chi connectivity index (χ0v) is 11.5. The smallest absolute Gasteiger partial charge is 0.223 e. The SMILES string of the molecule is Cc1ccc(CCN(C)C(=O)CCCl)c(C)c1. The number of carbonyl (C=O) groups is 1. The molecular formula is C14H20ClNO. The summed E-state index contributed by atoms with van der Waals surface area (Å²) in [6, 6.07) is 6.43. The third-order valence-electron chi connectivity index (χ3n) is 2.95. The summed E-state index contributed by atoms with van der Waals surface area (Å²) in [7, 11) is 1.83. The van der Waals surface area contributed by atoms with Crippen LogP contribution in [-0.4, -0.2) is 30.3 Å². The van der Waals surface area contributed by atoms with Gasteiger partial charge < -0.3 is 4.90 Å². The van der Waals surface area contributed by atoms with E-state index in [4.69, 9.17) is 11.6 Å². The van der Waals surface area contributed by atoms with Gasteiger partial charge in [0.05, 0.1) is 0 Å². The monoisotopic (exact) mass is 253 g/mol. The molecule has 1 aromatic rings. The first-order valence-corrected chi connectivity index (χ1v) is 6.44. The number of likely N-dealkylation sites (N-methyl/N-ethyl adjacent to an activating group) is 1. The molecule has 0 heterocycles. The average Bonchev–Trinajstić information content (AvgIpc) is 2.27. The molecular weight excluding hydrogens is 234 g/mol. The van der Waals surface area contributed by atoms with Gasteiger partial charge in [-0.3, -0.25) is 4.79 Å². The van der Waals surface area contributed by atoms with Gasteiger partial charge in [-0.15, -0.1) is 11.6 Å². The van der Waals surface area contributed by atoms with Crippen LogP contribution in [0.3, 0.4) is 0 Å². The Morgan fingerprint density at radius 3 is 2.65 bits per heavy atom. The molecule has 0 aliphatic heterocycles. The molecule has 2 nitrogen and oxygen atoms in total. The fourth-order valence-corrected chi connectivity index (χ4v) is 1.97. The van der Waals surface area contributed by atoms with Gasteiger partial charge in [-0.05, 0) is 31.4 Å². The van der Waals surface area contributed by atoms with E-state index in [2.05, 4.69) is 32.0 Å². The zero-order chi connectivity index (χ0) is 12.8. The minimum atomic E-state index is 0.116. The molecule has 17 heavy (non-hydrogen) atoms. The van der Waals surface area contributed by atoms with Crippen LogP contribution >= 0.6 is 11.6 Å². The predicted molar refractivity (Wildman–Crippen MR) is 72.6 cm³/mol. The van der Waals surface area contributed by atoms with E-state index < -0.39 is 0 Å². The van der Waals surface area contributed by atoms with E-state index in [9.17, 15) is 4.79 Å². The van der Waals surface area contributed by atoms with Gasteiger partial charge >= 0.3 is 0 Å². The van der Waals surface area contributed by atoms with Crippen molar-refractivity contribution in [2.75, 3.05) is 19.5 Å². The van der Waals surface area contributed by atoms with Crippen molar-refractivity contribution in [2.24, 2.45) is 0 Å². The van der Waals surface area contributed by atoms with Crippen molar-refractivity contribution in [3.63, 3.8) is 0 Å². The highest BCUT2D eigenvalue weighted by Gasteiger charge is 2.08. The zero-order valence-electron chi connectivity index (χ0n) is 10.8. The number of benzene rings is 1. The summed E-state index contributed by atoms with van der Waals surface area (Å²) in [6.45, 7) is 4.95. The topological polar surface area (TPSA) is 20.3 Å². The molecule has 1 rings (SSSR count). The Hall–Kier alpha value is -1.02. The molecule has 1 amide bonds. The summed E-state index contributed by atoms with van der Waals surface area (Å²) in [4.78, 5) is 13.3. The van der Waals surface area contributed by atoms with Crippen LogP contribution in [0.25, 0.3) is 0 Å². The Kier molecular flexibility index (Phi) is 5.49. The van der Waals surface area contributed by atoms with Gasteiger partial charge in [-0.25, -0.2) is 0 Å². The van der Waals surface area contributed by atoms with E-state index in [-0.39, 0.29) is 5.91 Å². The third-order valence-corrected chi connectivity index (χ3v) is 3.14. The first kappa shape index (κ1) is 14.0. The van der Waals surface area contributed by atoms with E-state index in [0.29, 0.717) is 12.3 Å². The molecule has 1 aromatic carbocycles. The molecule has 0 bridgehead atoms. The maximum Gasteiger partial charge on any atom is 0.223 e. The molecule has 0 aliphatic rings. The number of hydrogen-bond donors (Lipinski definition) is 0. The second-order valence-corrected chi connectivity index (χ2v) is 4.81. The van der Waals surface area contributed by atoms with E-state index in [1.807, 2.05) is 7.05 Å². The van der Waals surface area contributed by atoms with Gasteiger partial charge in [-0.2, -0.15) is 0 Å². The van der Waals surface area contributed by atoms with Crippen molar-refractivity contribution in [1.82, 2.24) is 4.90 Å². The lowest BCUT2D eigenvalue weighted by atomic mass is 10.0. The number of halogens is 1. The van der Waals surface area contributed by atoms with Crippen LogP contribution in [-0.2, 0) is 11.2 Å². The molecule has 0 radical (unpaired) electrons. The number of hydrogen-bond acceptors (Lipinski definition) is 1. The molecule has 0 unspecified atom stereocenters. The lowest BCUT2D eigenvalue weighted by Crippen LogP contribution is -2.29. The van der Waals surface area contributed by atoms with Crippen LogP contribution in [0.4, 0.5) is 0 Å². The fourth-order valence-electron chi connectivity index (χ4n) is 1.81. The van der Waals surface area contributed by atoms with Crippen LogP contribution in [0, 0.1) is 13.8 Å². The molecule has 94 valence electrons. The highest BCUT2D eigenvalue weighted by Crippen LogP contribution is 2.11. The van der Waals surface area contributed by atoms with Crippen molar-refractivity contribution in [3.8, 4) is 0 Å². The van der Waals surface area contributed by atoms with Crippen molar-refractivity contribution >= 4 is 17.5 Å². The van der Waals surface area contributed by atoms with Crippen molar-refractivity contribution in [2.45, 2.75) is 26.7 Å². The Bertz CT molecular complexity index is 390. The van der Waals surface area contributed by atoms with Gasteiger partial charge in [0, 0.05) is 25.9 Å². The first-order valence-electron chi connectivity index (χ1n) is 5.90. The highest BCUT2D eigenvalue weighted by molar-refractivity contribution is 6.18. The Morgan fingerprint density at radius 2 is 2.06 bits per heavy atom. The Balaban J connectivity index is 2.52. The average molecular weight is 254 g/mol. The number of alkyl halides is 1. The molecule has 0 fully saturated rings. The maximum absolute atomic E-state index is 11.5. The standard InChI is InChI=1S/C14H20ClNO/c1-11-4-5-13(12(2)10-11)7-9-16(3)14(17)6-8-15/h4-5,10H,6-9H2,1-3H3. The number of nitrogens with zero attached hydrogens (tertiary/aromatic N) is 1. The minimum Gasteiger partial charge on any atom is -0.345 e. The number of carbonyl (C=O) groups excluding carboxylic acids is 1. The van der Waals surface area contributed by atoms with Crippen LogP contribution in [0.2, 0.25) is 0 Å². The van der Waals surface area contributed by atoms with Crippen LogP contribution in [0.1, 0.15) is 23.1 Å². The van der Waals surface area contributed by atoms with Crippen LogP contribution < -0.4 is 0 Å². The molecule has 0 saturated heterocycles. The summed E-state index contributed by atoms with van der Waals surface area (Å²) in [6.07, 6.45) is 1.32. The van der Waals surface area contributed by atoms with E-state index in [1.54, 1.807) is 4.90 Å². The molecule has 0 atom stereocenters. The summed E-state index contributed by atoms with van der Waals surface area (Å²) < 4.78 is 0. The predicted octanol–water partition coefficient (Wildman–Crippen LogP) is 2.93. The second-order valence-electron chi connectivity index (χ2n) is 4.43. The lowest BCUT2D eigenvalue weighted by Gasteiger charge is -2.17. The van der Waals surface area contributed by atoms with Gasteiger partial charge in [0.15, 0.2) is 0 Å². The quantitative estimate of drug-likeness (QED) is 0.739. The van der Waals surface area contributed by atoms with E-state index in [0.717, 1.165) is 13.0 Å². The molecule has 0 spiro atoms. The molecule has 0 aliphatic carbocycles. The summed E-state index contributed by atoms with van der Waals surface area (Å²) in [5.41, 5.74) is 3.88. The van der Waals surface area contributed by atoms with E-state index >= 15 is 0 Å². The van der Waals surface area contributed by atoms with Gasteiger partial charge in [0.2, 0.25) is 5.91 Å². The maximum atomic E-state index is 11.5. The van der Waals surface area contributed by atoms with Gasteiger partial charge in [0.1, 0.15) is 0 Å². The van der Waals surface area contributed by atoms with Gasteiger partial charge in [-0.1, -0.05) is 23.8 Å². The molecule has 0 saturated carbocycles. The first-order chi connectivity index (χ1) is 8.04. The second kappa shape index (κ2) is 6.65. The number of rotatable bonds is 5. The fraction of sp³-hybridized carbons (Fsp3) is 0.500.